The minimum Gasteiger partial charge on any atom is -0.461 e. The van der Waals surface area contributed by atoms with Crippen LogP contribution in [0.1, 0.15) is 24.8 Å². The van der Waals surface area contributed by atoms with Gasteiger partial charge in [0.25, 0.3) is 0 Å². The van der Waals surface area contributed by atoms with E-state index in [4.69, 9.17) is 4.74 Å². The molecule has 5 heteroatoms. The Morgan fingerprint density at radius 3 is 2.71 bits per heavy atom. The number of benzene rings is 1. The molecule has 0 saturated heterocycles. The molecule has 0 unspecified atom stereocenters. The van der Waals surface area contributed by atoms with Crippen LogP contribution in [0.4, 0.5) is 0 Å². The molecule has 17 heavy (non-hydrogen) atoms. The second kappa shape index (κ2) is 4.16. The Hall–Kier alpha value is -1.91. The van der Waals surface area contributed by atoms with E-state index in [0.29, 0.717) is 0 Å². The molecule has 1 saturated carbocycles. The van der Waals surface area contributed by atoms with Gasteiger partial charge in [0.2, 0.25) is 0 Å². The van der Waals surface area contributed by atoms with Gasteiger partial charge in [-0.15, -0.1) is 0 Å². The van der Waals surface area contributed by atoms with E-state index in [1.54, 1.807) is 19.1 Å². The number of hydrogen-bond acceptors (Lipinski definition) is 4. The summed E-state index contributed by atoms with van der Waals surface area (Å²) in [4.78, 5) is 22.3. The number of esters is 1. The van der Waals surface area contributed by atoms with Crippen LogP contribution >= 0.6 is 0 Å². The van der Waals surface area contributed by atoms with Gasteiger partial charge < -0.3 is 4.74 Å². The van der Waals surface area contributed by atoms with Crippen molar-refractivity contribution < 1.29 is 14.5 Å². The Morgan fingerprint density at radius 1 is 1.53 bits per heavy atom. The minimum absolute atomic E-state index is 0.163. The van der Waals surface area contributed by atoms with E-state index < -0.39 is 16.4 Å². The third kappa shape index (κ3) is 1.77. The molecule has 0 radical (unpaired) electrons. The van der Waals surface area contributed by atoms with Crippen LogP contribution in [-0.4, -0.2) is 23.0 Å². The van der Waals surface area contributed by atoms with Crippen molar-refractivity contribution in [3.05, 3.63) is 46.0 Å². The van der Waals surface area contributed by atoms with E-state index >= 15 is 0 Å². The smallest absolute Gasteiger partial charge is 0.385 e. The fourth-order valence-electron chi connectivity index (χ4n) is 2.09. The first-order valence-corrected chi connectivity index (χ1v) is 5.49. The first-order valence-electron chi connectivity index (χ1n) is 5.49. The Kier molecular flexibility index (Phi) is 2.83. The normalized spacial score (nSPS) is 26.3. The number of carbonyl (C=O) groups excluding carboxylic acids is 1. The molecule has 90 valence electrons. The second-order valence-electron chi connectivity index (χ2n) is 4.07. The van der Waals surface area contributed by atoms with E-state index in [9.17, 15) is 14.9 Å². The van der Waals surface area contributed by atoms with Crippen molar-refractivity contribution in [2.45, 2.75) is 24.8 Å². The van der Waals surface area contributed by atoms with Crippen molar-refractivity contribution in [2.75, 3.05) is 6.61 Å². The summed E-state index contributed by atoms with van der Waals surface area (Å²) >= 11 is 0. The zero-order valence-electron chi connectivity index (χ0n) is 9.46. The van der Waals surface area contributed by atoms with Crippen molar-refractivity contribution in [1.29, 1.82) is 0 Å². The lowest BCUT2D eigenvalue weighted by atomic mass is 10.1. The molecular weight excluding hydrogens is 222 g/mol. The zero-order chi connectivity index (χ0) is 12.5. The molecule has 2 rings (SSSR count). The summed E-state index contributed by atoms with van der Waals surface area (Å²) in [7, 11) is 0. The summed E-state index contributed by atoms with van der Waals surface area (Å²) in [5.74, 6) is -1.09. The average Bonchev–Trinajstić information content (AvgIpc) is 3.07. The monoisotopic (exact) mass is 235 g/mol. The molecule has 5 nitrogen and oxygen atoms in total. The summed E-state index contributed by atoms with van der Waals surface area (Å²) in [6.45, 7) is 1.81. The van der Waals surface area contributed by atoms with Crippen LogP contribution in [0.2, 0.25) is 0 Å². The molecule has 0 amide bonds. The SMILES string of the molecule is CCOC(=O)[C@]1([N+](=O)[O-])C[C@H]1c1ccccc1. The molecule has 1 fully saturated rings. The van der Waals surface area contributed by atoms with Crippen LogP contribution in [0.25, 0.3) is 0 Å². The second-order valence-corrected chi connectivity index (χ2v) is 4.07. The van der Waals surface area contributed by atoms with Gasteiger partial charge in [-0.25, -0.2) is 4.79 Å². The molecule has 1 aliphatic rings. The first-order chi connectivity index (χ1) is 8.13. The number of nitro groups is 1. The Balaban J connectivity index is 2.25. The molecule has 1 aliphatic carbocycles. The van der Waals surface area contributed by atoms with Crippen LogP contribution in [0.5, 0.6) is 0 Å². The third-order valence-electron chi connectivity index (χ3n) is 3.09. The lowest BCUT2D eigenvalue weighted by Crippen LogP contribution is -2.35. The molecule has 0 aliphatic heterocycles. The van der Waals surface area contributed by atoms with Crippen LogP contribution in [0, 0.1) is 10.1 Å². The Bertz CT molecular complexity index is 445. The van der Waals surface area contributed by atoms with Gasteiger partial charge in [-0.05, 0) is 12.5 Å². The van der Waals surface area contributed by atoms with Gasteiger partial charge in [0, 0.05) is 11.3 Å². The van der Waals surface area contributed by atoms with Crippen molar-refractivity contribution >= 4 is 5.97 Å². The highest BCUT2D eigenvalue weighted by atomic mass is 16.6. The van der Waals surface area contributed by atoms with Gasteiger partial charge in [0.05, 0.1) is 12.5 Å². The Labute approximate surface area is 98.5 Å². The topological polar surface area (TPSA) is 69.4 Å². The van der Waals surface area contributed by atoms with Crippen LogP contribution in [-0.2, 0) is 9.53 Å². The van der Waals surface area contributed by atoms with Gasteiger partial charge in [-0.2, -0.15) is 0 Å². The fraction of sp³-hybridized carbons (Fsp3) is 0.417. The zero-order valence-corrected chi connectivity index (χ0v) is 9.46. The Morgan fingerprint density at radius 2 is 2.18 bits per heavy atom. The van der Waals surface area contributed by atoms with Gasteiger partial charge in [0.1, 0.15) is 0 Å². The standard InChI is InChI=1S/C12H13NO4/c1-2-17-11(14)12(13(15)16)8-10(12)9-6-4-3-5-7-9/h3-7,10H,2,8H2,1H3/t10-,12-/m0/s1. The van der Waals surface area contributed by atoms with E-state index in [1.165, 1.54) is 0 Å². The summed E-state index contributed by atoms with van der Waals surface area (Å²) in [6.07, 6.45) is 0.225. The molecule has 2 atom stereocenters. The average molecular weight is 235 g/mol. The van der Waals surface area contributed by atoms with E-state index in [0.717, 1.165) is 5.56 Å². The van der Waals surface area contributed by atoms with Crippen molar-refractivity contribution in [3.63, 3.8) is 0 Å². The number of rotatable bonds is 4. The van der Waals surface area contributed by atoms with E-state index in [1.807, 2.05) is 18.2 Å². The number of hydrogen-bond donors (Lipinski definition) is 0. The van der Waals surface area contributed by atoms with Crippen LogP contribution < -0.4 is 0 Å². The molecular formula is C12H13NO4. The van der Waals surface area contributed by atoms with Gasteiger partial charge in [-0.3, -0.25) is 10.1 Å². The summed E-state index contributed by atoms with van der Waals surface area (Å²) < 4.78 is 4.80. The van der Waals surface area contributed by atoms with Crippen LogP contribution in [0.15, 0.2) is 30.3 Å². The quantitative estimate of drug-likeness (QED) is 0.453. The van der Waals surface area contributed by atoms with Crippen molar-refractivity contribution in [1.82, 2.24) is 0 Å². The summed E-state index contributed by atoms with van der Waals surface area (Å²) in [5.41, 5.74) is -0.741. The van der Waals surface area contributed by atoms with Crippen LogP contribution in [0.3, 0.4) is 0 Å². The highest BCUT2D eigenvalue weighted by Crippen LogP contribution is 2.54. The maximum Gasteiger partial charge on any atom is 0.385 e. The predicted molar refractivity (Wildman–Crippen MR) is 60.2 cm³/mol. The number of ether oxygens (including phenoxy) is 1. The van der Waals surface area contributed by atoms with E-state index in [2.05, 4.69) is 0 Å². The largest absolute Gasteiger partial charge is 0.461 e. The van der Waals surface area contributed by atoms with Crippen molar-refractivity contribution in [3.8, 4) is 0 Å². The van der Waals surface area contributed by atoms with E-state index in [-0.39, 0.29) is 18.9 Å². The molecule has 1 aromatic rings. The molecule has 0 spiro atoms. The van der Waals surface area contributed by atoms with Gasteiger partial charge in [-0.1, -0.05) is 30.3 Å². The molecule has 1 aromatic carbocycles. The maximum absolute atomic E-state index is 11.7. The molecule has 0 bridgehead atoms. The molecule has 0 heterocycles. The fourth-order valence-corrected chi connectivity index (χ4v) is 2.09. The lowest BCUT2D eigenvalue weighted by molar-refractivity contribution is -0.527. The molecule has 0 aromatic heterocycles. The number of nitrogens with zero attached hydrogens (tertiary/aromatic N) is 1. The first kappa shape index (κ1) is 11.6. The highest BCUT2D eigenvalue weighted by Gasteiger charge is 2.73. The highest BCUT2D eigenvalue weighted by molar-refractivity contribution is 5.85. The van der Waals surface area contributed by atoms with Crippen molar-refractivity contribution in [2.24, 2.45) is 0 Å². The number of carbonyl (C=O) groups is 1. The van der Waals surface area contributed by atoms with Gasteiger partial charge in [0.15, 0.2) is 0 Å². The third-order valence-corrected chi connectivity index (χ3v) is 3.09. The molecule has 0 N–H and O–H groups in total. The summed E-state index contributed by atoms with van der Waals surface area (Å²) in [5, 5.41) is 11.1. The van der Waals surface area contributed by atoms with Gasteiger partial charge >= 0.3 is 11.5 Å². The predicted octanol–water partition coefficient (Wildman–Crippen LogP) is 1.75. The maximum atomic E-state index is 11.7. The minimum atomic E-state index is -1.56. The lowest BCUT2D eigenvalue weighted by Gasteiger charge is -2.08. The summed E-state index contributed by atoms with van der Waals surface area (Å²) in [6, 6.07) is 9.06.